The molecule has 0 bridgehead atoms. The molecule has 0 aliphatic heterocycles. The quantitative estimate of drug-likeness (QED) is 0.284. The number of hydrogen-bond donors (Lipinski definition) is 1. The second kappa shape index (κ2) is 7.20. The predicted octanol–water partition coefficient (Wildman–Crippen LogP) is 5.48. The monoisotopic (exact) mass is 387 g/mol. The minimum Gasteiger partial charge on any atom is -0.507 e. The number of nitrogens with zero attached hydrogens (tertiary/aromatic N) is 3. The summed E-state index contributed by atoms with van der Waals surface area (Å²) in [5.41, 5.74) is 5.27. The van der Waals surface area contributed by atoms with Crippen molar-refractivity contribution in [3.63, 3.8) is 0 Å². The third kappa shape index (κ3) is 3.70. The second-order valence-corrected chi connectivity index (χ2v) is 6.73. The van der Waals surface area contributed by atoms with Gasteiger partial charge in [0.1, 0.15) is 11.3 Å². The molecule has 0 atom stereocenters. The van der Waals surface area contributed by atoms with E-state index in [-0.39, 0.29) is 17.0 Å². The number of aliphatic imine (C=N–C) groups is 1. The molecule has 0 unspecified atom stereocenters. The lowest BCUT2D eigenvalue weighted by atomic mass is 10.1. The number of aromatic hydroxyl groups is 1. The Morgan fingerprint density at radius 1 is 1.07 bits per heavy atom. The fraction of sp³-hybridized carbons (Fsp3) is 0.0909. The van der Waals surface area contributed by atoms with Gasteiger partial charge in [-0.2, -0.15) is 0 Å². The van der Waals surface area contributed by atoms with Gasteiger partial charge in [-0.3, -0.25) is 15.1 Å². The minimum absolute atomic E-state index is 0.0844. The summed E-state index contributed by atoms with van der Waals surface area (Å²) in [6.07, 6.45) is 1.38. The highest BCUT2D eigenvalue weighted by Gasteiger charge is 2.11. The lowest BCUT2D eigenvalue weighted by Gasteiger charge is -2.01. The highest BCUT2D eigenvalue weighted by molar-refractivity contribution is 5.87. The Morgan fingerprint density at radius 3 is 2.66 bits per heavy atom. The van der Waals surface area contributed by atoms with Crippen LogP contribution in [-0.2, 0) is 0 Å². The maximum atomic E-state index is 10.9. The number of fused-ring (bicyclic) bond motifs is 1. The standard InChI is InChI=1S/C22H17N3O4/c1-13-3-4-15(9-14(13)2)22-24-19-11-17(5-8-21(19)29-22)23-12-16-10-18(25(27)28)6-7-20(16)26/h3-12,26H,1-2H3. The van der Waals surface area contributed by atoms with Gasteiger partial charge in [-0.05, 0) is 61.4 Å². The SMILES string of the molecule is Cc1ccc(-c2nc3cc(N=Cc4cc([N+](=O)[O-])ccc4O)ccc3o2)cc1C. The van der Waals surface area contributed by atoms with E-state index in [1.54, 1.807) is 18.2 Å². The van der Waals surface area contributed by atoms with Crippen LogP contribution in [0.3, 0.4) is 0 Å². The van der Waals surface area contributed by atoms with E-state index < -0.39 is 4.92 Å². The van der Waals surface area contributed by atoms with Crippen molar-refractivity contribution >= 4 is 28.7 Å². The average molecular weight is 387 g/mol. The summed E-state index contributed by atoms with van der Waals surface area (Å²) in [4.78, 5) is 19.2. The Balaban J connectivity index is 1.66. The molecule has 144 valence electrons. The zero-order valence-electron chi connectivity index (χ0n) is 15.8. The molecule has 0 aliphatic rings. The van der Waals surface area contributed by atoms with E-state index in [0.29, 0.717) is 22.7 Å². The van der Waals surface area contributed by atoms with Gasteiger partial charge in [0.25, 0.3) is 5.69 Å². The summed E-state index contributed by atoms with van der Waals surface area (Å²) in [7, 11) is 0. The molecule has 0 saturated heterocycles. The normalized spacial score (nSPS) is 11.4. The van der Waals surface area contributed by atoms with Gasteiger partial charge in [-0.1, -0.05) is 6.07 Å². The van der Waals surface area contributed by atoms with E-state index >= 15 is 0 Å². The van der Waals surface area contributed by atoms with Gasteiger partial charge in [0.15, 0.2) is 5.58 Å². The number of oxazole rings is 1. The number of benzene rings is 3. The molecule has 7 heteroatoms. The van der Waals surface area contributed by atoms with Crippen molar-refractivity contribution in [3.8, 4) is 17.2 Å². The number of phenolic OH excluding ortho intramolecular Hbond substituents is 1. The summed E-state index contributed by atoms with van der Waals surface area (Å²) >= 11 is 0. The van der Waals surface area contributed by atoms with Gasteiger partial charge in [-0.25, -0.2) is 4.98 Å². The molecular formula is C22H17N3O4. The summed E-state index contributed by atoms with van der Waals surface area (Å²) in [6, 6.07) is 15.1. The Labute approximate surface area is 166 Å². The van der Waals surface area contributed by atoms with Crippen molar-refractivity contribution < 1.29 is 14.4 Å². The van der Waals surface area contributed by atoms with E-state index in [9.17, 15) is 15.2 Å². The first-order valence-electron chi connectivity index (χ1n) is 8.90. The smallest absolute Gasteiger partial charge is 0.270 e. The van der Waals surface area contributed by atoms with Crippen LogP contribution in [0.2, 0.25) is 0 Å². The van der Waals surface area contributed by atoms with Crippen molar-refractivity contribution in [1.29, 1.82) is 0 Å². The molecule has 0 aliphatic carbocycles. The molecule has 0 saturated carbocycles. The fourth-order valence-electron chi connectivity index (χ4n) is 2.90. The molecule has 1 N–H and O–H groups in total. The second-order valence-electron chi connectivity index (χ2n) is 6.73. The fourth-order valence-corrected chi connectivity index (χ4v) is 2.90. The topological polar surface area (TPSA) is 102 Å². The molecule has 0 radical (unpaired) electrons. The maximum absolute atomic E-state index is 10.9. The number of hydrogen-bond acceptors (Lipinski definition) is 6. The van der Waals surface area contributed by atoms with Crippen LogP contribution in [0.1, 0.15) is 16.7 Å². The van der Waals surface area contributed by atoms with Crippen LogP contribution >= 0.6 is 0 Å². The number of phenols is 1. The van der Waals surface area contributed by atoms with Gasteiger partial charge in [-0.15, -0.1) is 0 Å². The van der Waals surface area contributed by atoms with E-state index in [2.05, 4.69) is 16.9 Å². The molecule has 1 aromatic heterocycles. The van der Waals surface area contributed by atoms with Crippen molar-refractivity contribution in [1.82, 2.24) is 4.98 Å². The molecule has 4 rings (SSSR count). The third-order valence-electron chi connectivity index (χ3n) is 4.70. The number of non-ortho nitro benzene ring substituents is 1. The van der Waals surface area contributed by atoms with Crippen molar-refractivity contribution in [2.45, 2.75) is 13.8 Å². The Hall–Kier alpha value is -4.00. The van der Waals surface area contributed by atoms with Gasteiger partial charge in [0.2, 0.25) is 5.89 Å². The van der Waals surface area contributed by atoms with E-state index in [1.807, 2.05) is 25.1 Å². The first-order valence-corrected chi connectivity index (χ1v) is 8.90. The van der Waals surface area contributed by atoms with E-state index in [0.717, 1.165) is 11.1 Å². The molecule has 0 spiro atoms. The van der Waals surface area contributed by atoms with Crippen LogP contribution in [0.5, 0.6) is 5.75 Å². The summed E-state index contributed by atoms with van der Waals surface area (Å²) in [5.74, 6) is 0.444. The summed E-state index contributed by atoms with van der Waals surface area (Å²) in [6.45, 7) is 4.09. The zero-order valence-corrected chi connectivity index (χ0v) is 15.8. The highest BCUT2D eigenvalue weighted by atomic mass is 16.6. The Kier molecular flexibility index (Phi) is 4.56. The molecule has 3 aromatic carbocycles. The van der Waals surface area contributed by atoms with Gasteiger partial charge >= 0.3 is 0 Å². The number of aryl methyl sites for hydroxylation is 2. The molecule has 0 amide bonds. The van der Waals surface area contributed by atoms with Crippen LogP contribution in [0.4, 0.5) is 11.4 Å². The lowest BCUT2D eigenvalue weighted by molar-refractivity contribution is -0.384. The van der Waals surface area contributed by atoms with Crippen LogP contribution in [0, 0.1) is 24.0 Å². The average Bonchev–Trinajstić information content (AvgIpc) is 3.12. The molecule has 1 heterocycles. The zero-order chi connectivity index (χ0) is 20.5. The predicted molar refractivity (Wildman–Crippen MR) is 111 cm³/mol. The lowest BCUT2D eigenvalue weighted by Crippen LogP contribution is -1.90. The molecular weight excluding hydrogens is 370 g/mol. The largest absolute Gasteiger partial charge is 0.507 e. The van der Waals surface area contributed by atoms with E-state index in [1.165, 1.54) is 30.0 Å². The third-order valence-corrected chi connectivity index (χ3v) is 4.70. The van der Waals surface area contributed by atoms with Crippen molar-refractivity contribution in [2.75, 3.05) is 0 Å². The van der Waals surface area contributed by atoms with Crippen molar-refractivity contribution in [3.05, 3.63) is 81.4 Å². The number of rotatable bonds is 4. The van der Waals surface area contributed by atoms with Gasteiger partial charge in [0.05, 0.1) is 10.6 Å². The van der Waals surface area contributed by atoms with Gasteiger partial charge < -0.3 is 9.52 Å². The highest BCUT2D eigenvalue weighted by Crippen LogP contribution is 2.29. The number of nitro groups is 1. The maximum Gasteiger partial charge on any atom is 0.270 e. The Morgan fingerprint density at radius 2 is 1.90 bits per heavy atom. The molecule has 29 heavy (non-hydrogen) atoms. The molecule has 0 fully saturated rings. The van der Waals surface area contributed by atoms with Crippen LogP contribution in [-0.4, -0.2) is 21.2 Å². The summed E-state index contributed by atoms with van der Waals surface area (Å²) < 4.78 is 5.85. The molecule has 7 nitrogen and oxygen atoms in total. The first kappa shape index (κ1) is 18.4. The Bertz CT molecular complexity index is 1270. The minimum atomic E-state index is -0.521. The van der Waals surface area contributed by atoms with Crippen LogP contribution in [0.15, 0.2) is 64.0 Å². The van der Waals surface area contributed by atoms with Crippen LogP contribution < -0.4 is 0 Å². The van der Waals surface area contributed by atoms with Gasteiger partial charge in [0, 0.05) is 29.5 Å². The first-order chi connectivity index (χ1) is 13.9. The van der Waals surface area contributed by atoms with Crippen LogP contribution in [0.25, 0.3) is 22.6 Å². The number of aromatic nitrogens is 1. The van der Waals surface area contributed by atoms with Crippen molar-refractivity contribution in [2.24, 2.45) is 4.99 Å². The number of nitro benzene ring substituents is 1. The summed E-state index contributed by atoms with van der Waals surface area (Å²) in [5, 5.41) is 20.8. The molecule has 4 aromatic rings. The van der Waals surface area contributed by atoms with E-state index in [4.69, 9.17) is 4.42 Å².